The zero-order valence-electron chi connectivity index (χ0n) is 22.8. The molecule has 3 aliphatic rings. The minimum atomic E-state index is -4.69. The molecule has 41 heavy (non-hydrogen) atoms. The lowest BCUT2D eigenvalue weighted by atomic mass is 9.62. The first-order valence-corrected chi connectivity index (χ1v) is 13.5. The van der Waals surface area contributed by atoms with Crippen LogP contribution in [0.25, 0.3) is 0 Å². The van der Waals surface area contributed by atoms with Gasteiger partial charge in [-0.2, -0.15) is 13.2 Å². The fraction of sp³-hybridized carbons (Fsp3) is 0.483. The molecule has 1 aromatic heterocycles. The second kappa shape index (κ2) is 9.59. The number of carbonyl (C=O) groups excluding carboxylic acids is 1. The number of aromatic nitrogens is 3. The van der Waals surface area contributed by atoms with Gasteiger partial charge >= 0.3 is 6.18 Å². The van der Waals surface area contributed by atoms with Crippen molar-refractivity contribution in [3.05, 3.63) is 76.4 Å². The number of methoxy groups -OCH3 is 1. The smallest absolute Gasteiger partial charge is 0.381 e. The molecule has 7 nitrogen and oxygen atoms in total. The molecule has 1 N–H and O–H groups in total. The van der Waals surface area contributed by atoms with Gasteiger partial charge in [-0.05, 0) is 53.8 Å². The molecule has 0 spiro atoms. The van der Waals surface area contributed by atoms with Crippen molar-refractivity contribution in [1.82, 2.24) is 20.1 Å². The third-order valence-electron chi connectivity index (χ3n) is 9.03. The molecule has 1 unspecified atom stereocenters. The molecule has 0 saturated heterocycles. The quantitative estimate of drug-likeness (QED) is 0.380. The first-order chi connectivity index (χ1) is 19.4. The van der Waals surface area contributed by atoms with E-state index in [0.717, 1.165) is 17.5 Å². The Labute approximate surface area is 233 Å². The lowest BCUT2D eigenvalue weighted by Crippen LogP contribution is -2.48. The van der Waals surface area contributed by atoms with Crippen molar-refractivity contribution in [3.8, 4) is 0 Å². The van der Waals surface area contributed by atoms with Crippen molar-refractivity contribution in [2.45, 2.75) is 56.5 Å². The van der Waals surface area contributed by atoms with Gasteiger partial charge in [-0.3, -0.25) is 4.79 Å². The van der Waals surface area contributed by atoms with Gasteiger partial charge in [0.15, 0.2) is 0 Å². The Morgan fingerprint density at radius 2 is 1.90 bits per heavy atom. The number of aryl methyl sites for hydroxylation is 1. The number of hydrogen-bond donors (Lipinski definition) is 1. The number of rotatable bonds is 8. The molecule has 0 bridgehead atoms. The predicted octanol–water partition coefficient (Wildman–Crippen LogP) is 5.08. The monoisotopic (exact) mass is 575 g/mol. The topological polar surface area (TPSA) is 72.3 Å². The summed E-state index contributed by atoms with van der Waals surface area (Å²) in [4.78, 5) is 14.9. The van der Waals surface area contributed by atoms with Crippen LogP contribution in [0.4, 0.5) is 27.6 Å². The lowest BCUT2D eigenvalue weighted by Gasteiger charge is -2.46. The molecule has 2 aliphatic carbocycles. The normalized spacial score (nSPS) is 26.7. The van der Waals surface area contributed by atoms with E-state index >= 15 is 0 Å². The second-order valence-electron chi connectivity index (χ2n) is 11.4. The maximum atomic E-state index is 14.2. The lowest BCUT2D eigenvalue weighted by molar-refractivity contribution is -0.138. The van der Waals surface area contributed by atoms with E-state index in [1.54, 1.807) is 25.6 Å². The van der Waals surface area contributed by atoms with Crippen molar-refractivity contribution in [3.63, 3.8) is 0 Å². The standard InChI is InChI=1S/C29H30F5N5O2/c1-16-24(28(16,30)31)13-35-12-17-7-21-22(23(8-17)29(32,33)34)14-39(25(21)40)19-6-4-5-18(9-19)27(10-20(11-27)41-3)26-37-36-15-38(26)2/h4-9,15-16,20,24,35H,10-14H2,1-3H3/t16-,20?,24?,27?/m1/s1. The predicted molar refractivity (Wildman–Crippen MR) is 140 cm³/mol. The number of fused-ring (bicyclic) bond motifs is 1. The van der Waals surface area contributed by atoms with Gasteiger partial charge in [0.05, 0.1) is 23.6 Å². The molecular weight excluding hydrogens is 545 g/mol. The average Bonchev–Trinajstić information content (AvgIpc) is 3.23. The number of amides is 1. The fourth-order valence-corrected chi connectivity index (χ4v) is 6.40. The third kappa shape index (κ3) is 4.51. The van der Waals surface area contributed by atoms with Crippen LogP contribution in [0.2, 0.25) is 0 Å². The Balaban J connectivity index is 1.29. The van der Waals surface area contributed by atoms with Crippen LogP contribution in [0.15, 0.2) is 42.7 Å². The molecule has 12 heteroatoms. The average molecular weight is 576 g/mol. The zero-order chi connectivity index (χ0) is 29.3. The molecule has 2 aromatic carbocycles. The van der Waals surface area contributed by atoms with E-state index < -0.39 is 40.8 Å². The van der Waals surface area contributed by atoms with Gasteiger partial charge in [-0.1, -0.05) is 19.1 Å². The fourth-order valence-electron chi connectivity index (χ4n) is 6.40. The molecule has 6 rings (SSSR count). The van der Waals surface area contributed by atoms with Crippen LogP contribution in [0.3, 0.4) is 0 Å². The number of nitrogens with zero attached hydrogens (tertiary/aromatic N) is 4. The second-order valence-corrected chi connectivity index (χ2v) is 11.4. The minimum Gasteiger partial charge on any atom is -0.381 e. The number of nitrogens with one attached hydrogen (secondary N) is 1. The molecule has 218 valence electrons. The summed E-state index contributed by atoms with van der Waals surface area (Å²) < 4.78 is 77.0. The van der Waals surface area contributed by atoms with Gasteiger partial charge in [0.2, 0.25) is 0 Å². The summed E-state index contributed by atoms with van der Waals surface area (Å²) in [6.45, 7) is 1.14. The van der Waals surface area contributed by atoms with Crippen LogP contribution in [-0.4, -0.2) is 46.4 Å². The highest BCUT2D eigenvalue weighted by atomic mass is 19.4. The SMILES string of the molecule is COC1CC(c2cccc(N3Cc4c(cc(CNCC5[C@@H](C)C5(F)F)cc4C(F)(F)F)C3=O)c2)(c2nncn2C)C1. The van der Waals surface area contributed by atoms with E-state index in [1.165, 1.54) is 17.9 Å². The van der Waals surface area contributed by atoms with E-state index in [2.05, 4.69) is 15.5 Å². The Kier molecular flexibility index (Phi) is 6.49. The van der Waals surface area contributed by atoms with E-state index in [1.807, 2.05) is 23.7 Å². The number of alkyl halides is 5. The molecule has 2 atom stereocenters. The van der Waals surface area contributed by atoms with Crippen molar-refractivity contribution < 1.29 is 31.5 Å². The first kappa shape index (κ1) is 27.8. The number of anilines is 1. The van der Waals surface area contributed by atoms with Crippen molar-refractivity contribution in [1.29, 1.82) is 0 Å². The van der Waals surface area contributed by atoms with Crippen LogP contribution in [-0.2, 0) is 36.5 Å². The maximum Gasteiger partial charge on any atom is 0.416 e. The molecule has 3 aromatic rings. The van der Waals surface area contributed by atoms with Crippen LogP contribution in [0.1, 0.15) is 58.2 Å². The van der Waals surface area contributed by atoms with Gasteiger partial charge in [0, 0.05) is 50.3 Å². The Hall–Kier alpha value is -3.38. The number of halogens is 5. The summed E-state index contributed by atoms with van der Waals surface area (Å²) in [5.74, 6) is -4.16. The van der Waals surface area contributed by atoms with Gasteiger partial charge < -0.3 is 19.5 Å². The van der Waals surface area contributed by atoms with Gasteiger partial charge in [-0.25, -0.2) is 8.78 Å². The van der Waals surface area contributed by atoms with Crippen LogP contribution in [0.5, 0.6) is 0 Å². The third-order valence-corrected chi connectivity index (χ3v) is 9.03. The Bertz CT molecular complexity index is 1500. The summed E-state index contributed by atoms with van der Waals surface area (Å²) in [7, 11) is 3.50. The number of carbonyl (C=O) groups is 1. The van der Waals surface area contributed by atoms with Crippen LogP contribution < -0.4 is 10.2 Å². The summed E-state index contributed by atoms with van der Waals surface area (Å²) >= 11 is 0. The van der Waals surface area contributed by atoms with E-state index in [4.69, 9.17) is 4.74 Å². The molecule has 2 heterocycles. The summed E-state index contributed by atoms with van der Waals surface area (Å²) in [5.41, 5.74) is 0.0467. The van der Waals surface area contributed by atoms with E-state index in [-0.39, 0.29) is 42.4 Å². The van der Waals surface area contributed by atoms with Crippen molar-refractivity contribution in [2.75, 3.05) is 18.6 Å². The van der Waals surface area contributed by atoms with E-state index in [0.29, 0.717) is 18.5 Å². The molecule has 1 aliphatic heterocycles. The summed E-state index contributed by atoms with van der Waals surface area (Å²) in [6, 6.07) is 9.69. The van der Waals surface area contributed by atoms with Crippen molar-refractivity contribution >= 4 is 11.6 Å². The first-order valence-electron chi connectivity index (χ1n) is 13.5. The summed E-state index contributed by atoms with van der Waals surface area (Å²) in [6.07, 6.45) is -1.76. The highest BCUT2D eigenvalue weighted by Gasteiger charge is 2.64. The molecule has 0 radical (unpaired) electrons. The van der Waals surface area contributed by atoms with Crippen LogP contribution >= 0.6 is 0 Å². The van der Waals surface area contributed by atoms with Gasteiger partial charge in [0.1, 0.15) is 12.2 Å². The number of hydrogen-bond acceptors (Lipinski definition) is 5. The highest BCUT2D eigenvalue weighted by Crippen LogP contribution is 2.54. The van der Waals surface area contributed by atoms with E-state index in [9.17, 15) is 26.7 Å². The highest BCUT2D eigenvalue weighted by molar-refractivity contribution is 6.10. The molecule has 2 saturated carbocycles. The van der Waals surface area contributed by atoms with Crippen molar-refractivity contribution in [2.24, 2.45) is 18.9 Å². The number of benzene rings is 2. The van der Waals surface area contributed by atoms with Gasteiger partial charge in [-0.15, -0.1) is 10.2 Å². The molecule has 2 fully saturated rings. The van der Waals surface area contributed by atoms with Gasteiger partial charge in [0.25, 0.3) is 11.8 Å². The minimum absolute atomic E-state index is 0.0172. The molecular formula is C29H30F5N5O2. The Morgan fingerprint density at radius 1 is 1.17 bits per heavy atom. The van der Waals surface area contributed by atoms with Crippen LogP contribution in [0, 0.1) is 11.8 Å². The summed E-state index contributed by atoms with van der Waals surface area (Å²) in [5, 5.41) is 11.2. The zero-order valence-corrected chi connectivity index (χ0v) is 22.8. The maximum absolute atomic E-state index is 14.2. The number of ether oxygens (including phenoxy) is 1. The Morgan fingerprint density at radius 3 is 2.51 bits per heavy atom. The largest absolute Gasteiger partial charge is 0.416 e. The molecule has 1 amide bonds.